The van der Waals surface area contributed by atoms with Crippen molar-refractivity contribution < 1.29 is 5.11 Å². The molecule has 5 heteroatoms. The lowest BCUT2D eigenvalue weighted by molar-refractivity contribution is 0.281. The molecule has 0 saturated heterocycles. The van der Waals surface area contributed by atoms with Gasteiger partial charge in [0.1, 0.15) is 5.82 Å². The van der Waals surface area contributed by atoms with E-state index in [1.807, 2.05) is 6.92 Å². The molecule has 25 heavy (non-hydrogen) atoms. The van der Waals surface area contributed by atoms with E-state index in [0.29, 0.717) is 5.95 Å². The number of aliphatic hydroxyl groups excluding tert-OH is 1. The minimum Gasteiger partial charge on any atom is -0.394 e. The van der Waals surface area contributed by atoms with Crippen LogP contribution in [-0.2, 0) is 19.4 Å². The maximum atomic E-state index is 9.30. The number of hydrogen-bond acceptors (Lipinski definition) is 5. The molecule has 1 aromatic heterocycles. The number of fused-ring (bicyclic) bond motifs is 1. The highest BCUT2D eigenvalue weighted by Crippen LogP contribution is 2.34. The summed E-state index contributed by atoms with van der Waals surface area (Å²) in [6, 6.07) is 10.7. The highest BCUT2D eigenvalue weighted by Gasteiger charge is 2.33. The van der Waals surface area contributed by atoms with Gasteiger partial charge in [0.05, 0.1) is 6.61 Å². The van der Waals surface area contributed by atoms with E-state index >= 15 is 0 Å². The molecule has 1 atom stereocenters. The summed E-state index contributed by atoms with van der Waals surface area (Å²) in [5.74, 6) is 1.53. The number of nitrogens with one attached hydrogen (secondary N) is 1. The summed E-state index contributed by atoms with van der Waals surface area (Å²) in [6.45, 7) is 9.45. The zero-order valence-corrected chi connectivity index (χ0v) is 15.6. The molecule has 1 aliphatic heterocycles. The third kappa shape index (κ3) is 3.76. The lowest BCUT2D eigenvalue weighted by Gasteiger charge is -2.44. The third-order valence-electron chi connectivity index (χ3n) is 4.85. The largest absolute Gasteiger partial charge is 0.394 e. The molecule has 1 aliphatic rings. The highest BCUT2D eigenvalue weighted by molar-refractivity contribution is 5.51. The van der Waals surface area contributed by atoms with E-state index in [1.54, 1.807) is 0 Å². The molecule has 1 aromatic carbocycles. The van der Waals surface area contributed by atoms with Gasteiger partial charge in [-0.3, -0.25) is 0 Å². The molecule has 0 bridgehead atoms. The highest BCUT2D eigenvalue weighted by atomic mass is 16.3. The molecule has 0 fully saturated rings. The molecule has 2 heterocycles. The summed E-state index contributed by atoms with van der Waals surface area (Å²) in [5, 5.41) is 12.5. The number of aromatic nitrogens is 2. The Hall–Kier alpha value is -2.14. The number of aryl methyl sites for hydroxylation is 1. The van der Waals surface area contributed by atoms with Crippen LogP contribution in [0.3, 0.4) is 0 Å². The first kappa shape index (κ1) is 17.7. The van der Waals surface area contributed by atoms with Crippen molar-refractivity contribution in [3.8, 4) is 0 Å². The average Bonchev–Trinajstić information content (AvgIpc) is 2.59. The fourth-order valence-corrected chi connectivity index (χ4v) is 3.35. The van der Waals surface area contributed by atoms with Crippen LogP contribution in [0.4, 0.5) is 11.8 Å². The summed E-state index contributed by atoms with van der Waals surface area (Å²) < 4.78 is 0. The van der Waals surface area contributed by atoms with Crippen molar-refractivity contribution in [3.05, 3.63) is 47.2 Å². The maximum absolute atomic E-state index is 9.30. The van der Waals surface area contributed by atoms with E-state index in [9.17, 15) is 5.11 Å². The van der Waals surface area contributed by atoms with Crippen molar-refractivity contribution >= 4 is 11.8 Å². The van der Waals surface area contributed by atoms with Gasteiger partial charge in [-0.05, 0) is 44.7 Å². The Balaban J connectivity index is 1.98. The van der Waals surface area contributed by atoms with Crippen LogP contribution in [-0.4, -0.2) is 33.3 Å². The molecular weight excluding hydrogens is 312 g/mol. The van der Waals surface area contributed by atoms with Crippen molar-refractivity contribution in [1.29, 1.82) is 0 Å². The molecule has 0 aliphatic carbocycles. The van der Waals surface area contributed by atoms with Gasteiger partial charge in [0.25, 0.3) is 0 Å². The number of rotatable bonds is 5. The predicted octanol–water partition coefficient (Wildman–Crippen LogP) is 3.17. The van der Waals surface area contributed by atoms with Crippen molar-refractivity contribution in [3.63, 3.8) is 0 Å². The van der Waals surface area contributed by atoms with Crippen LogP contribution < -0.4 is 10.2 Å². The molecule has 0 unspecified atom stereocenters. The normalized spacial score (nSPS) is 17.1. The van der Waals surface area contributed by atoms with Crippen LogP contribution >= 0.6 is 0 Å². The summed E-state index contributed by atoms with van der Waals surface area (Å²) >= 11 is 0. The maximum Gasteiger partial charge on any atom is 0.225 e. The van der Waals surface area contributed by atoms with Gasteiger partial charge in [0.15, 0.2) is 0 Å². The first-order valence-electron chi connectivity index (χ1n) is 9.02. The Morgan fingerprint density at radius 2 is 1.96 bits per heavy atom. The number of aliphatic hydroxyl groups is 1. The number of nitrogens with zero attached hydrogens (tertiary/aromatic N) is 3. The van der Waals surface area contributed by atoms with Crippen LogP contribution in [0.1, 0.15) is 44.5 Å². The number of benzene rings is 1. The number of anilines is 2. The van der Waals surface area contributed by atoms with E-state index in [0.717, 1.165) is 30.9 Å². The van der Waals surface area contributed by atoms with Crippen molar-refractivity contribution in [2.45, 2.75) is 58.7 Å². The molecule has 2 aromatic rings. The van der Waals surface area contributed by atoms with Gasteiger partial charge in [0, 0.05) is 29.9 Å². The van der Waals surface area contributed by atoms with Crippen LogP contribution in [0, 0.1) is 0 Å². The minimum absolute atomic E-state index is 0.0203. The fourth-order valence-electron chi connectivity index (χ4n) is 3.35. The lowest BCUT2D eigenvalue weighted by Crippen LogP contribution is -2.49. The van der Waals surface area contributed by atoms with Gasteiger partial charge in [0.2, 0.25) is 5.95 Å². The Labute approximate surface area is 150 Å². The zero-order valence-electron chi connectivity index (χ0n) is 15.6. The van der Waals surface area contributed by atoms with Gasteiger partial charge < -0.3 is 15.3 Å². The van der Waals surface area contributed by atoms with E-state index in [4.69, 9.17) is 4.98 Å². The summed E-state index contributed by atoms with van der Waals surface area (Å²) in [5.41, 5.74) is 3.76. The Morgan fingerprint density at radius 3 is 2.64 bits per heavy atom. The minimum atomic E-state index is -0.0740. The molecular formula is C20H28N4O. The molecule has 0 amide bonds. The third-order valence-corrected chi connectivity index (χ3v) is 4.85. The quantitative estimate of drug-likeness (QED) is 0.875. The standard InChI is InChI=1S/C20H28N4O/c1-5-17-10-18(23-19(22-17)21-14(2)13-25)24-12-16-9-7-6-8-15(16)11-20(24,3)4/h6-10,14,25H,5,11-13H2,1-4H3,(H,21,22,23)/t14-/m0/s1. The smallest absolute Gasteiger partial charge is 0.225 e. The van der Waals surface area contributed by atoms with Crippen LogP contribution in [0.5, 0.6) is 0 Å². The Kier molecular flexibility index (Phi) is 4.95. The topological polar surface area (TPSA) is 61.3 Å². The van der Waals surface area contributed by atoms with E-state index < -0.39 is 0 Å². The second-order valence-electron chi connectivity index (χ2n) is 7.47. The second-order valence-corrected chi connectivity index (χ2v) is 7.47. The molecule has 0 radical (unpaired) electrons. The monoisotopic (exact) mass is 340 g/mol. The Bertz CT molecular complexity index is 744. The SMILES string of the molecule is CCc1cc(N2Cc3ccccc3CC2(C)C)nc(N[C@@H](C)CO)n1. The molecule has 5 nitrogen and oxygen atoms in total. The summed E-state index contributed by atoms with van der Waals surface area (Å²) in [6.07, 6.45) is 1.84. The van der Waals surface area contributed by atoms with E-state index in [1.165, 1.54) is 11.1 Å². The lowest BCUT2D eigenvalue weighted by atomic mass is 9.85. The number of hydrogen-bond donors (Lipinski definition) is 2. The van der Waals surface area contributed by atoms with Gasteiger partial charge >= 0.3 is 0 Å². The van der Waals surface area contributed by atoms with Crippen molar-refractivity contribution in [2.24, 2.45) is 0 Å². The van der Waals surface area contributed by atoms with Gasteiger partial charge in [-0.25, -0.2) is 4.98 Å². The van der Waals surface area contributed by atoms with Crippen molar-refractivity contribution in [1.82, 2.24) is 9.97 Å². The van der Waals surface area contributed by atoms with E-state index in [-0.39, 0.29) is 18.2 Å². The Morgan fingerprint density at radius 1 is 1.24 bits per heavy atom. The first-order chi connectivity index (χ1) is 11.9. The zero-order chi connectivity index (χ0) is 18.0. The molecule has 2 N–H and O–H groups in total. The molecule has 0 spiro atoms. The van der Waals surface area contributed by atoms with Crippen molar-refractivity contribution in [2.75, 3.05) is 16.8 Å². The van der Waals surface area contributed by atoms with Gasteiger partial charge in [-0.2, -0.15) is 4.98 Å². The molecule has 3 rings (SSSR count). The molecule has 134 valence electrons. The molecule has 0 saturated carbocycles. The fraction of sp³-hybridized carbons (Fsp3) is 0.500. The second kappa shape index (κ2) is 7.00. The summed E-state index contributed by atoms with van der Waals surface area (Å²) in [4.78, 5) is 11.7. The van der Waals surface area contributed by atoms with E-state index in [2.05, 4.69) is 66.3 Å². The summed E-state index contributed by atoms with van der Waals surface area (Å²) in [7, 11) is 0. The van der Waals surface area contributed by atoms with Crippen LogP contribution in [0.2, 0.25) is 0 Å². The van der Waals surface area contributed by atoms with Gasteiger partial charge in [-0.1, -0.05) is 31.2 Å². The van der Waals surface area contributed by atoms with Gasteiger partial charge in [-0.15, -0.1) is 0 Å². The predicted molar refractivity (Wildman–Crippen MR) is 102 cm³/mol. The average molecular weight is 340 g/mol. The van der Waals surface area contributed by atoms with Crippen LogP contribution in [0.25, 0.3) is 0 Å². The van der Waals surface area contributed by atoms with Crippen LogP contribution in [0.15, 0.2) is 30.3 Å². The first-order valence-corrected chi connectivity index (χ1v) is 9.02.